The molecule has 0 saturated carbocycles. The van der Waals surface area contributed by atoms with Gasteiger partial charge in [0, 0.05) is 5.54 Å². The predicted molar refractivity (Wildman–Crippen MR) is 66.9 cm³/mol. The van der Waals surface area contributed by atoms with Crippen LogP contribution in [0, 0.1) is 5.82 Å². The van der Waals surface area contributed by atoms with Gasteiger partial charge in [-0.1, -0.05) is 26.0 Å². The zero-order valence-corrected chi connectivity index (χ0v) is 10.7. The van der Waals surface area contributed by atoms with Crippen molar-refractivity contribution in [1.82, 2.24) is 0 Å². The third-order valence-electron chi connectivity index (χ3n) is 3.17. The molecule has 0 heterocycles. The van der Waals surface area contributed by atoms with E-state index in [4.69, 9.17) is 5.73 Å². The SMILES string of the molecule is CCC(CC)c1ccc(C(C)(C)N)cc1F. The predicted octanol–water partition coefficient (Wildman–Crippen LogP) is 3.92. The Morgan fingerprint density at radius 1 is 1.25 bits per heavy atom. The summed E-state index contributed by atoms with van der Waals surface area (Å²) in [6.07, 6.45) is 1.94. The quantitative estimate of drug-likeness (QED) is 0.822. The molecule has 0 radical (unpaired) electrons. The second-order valence-corrected chi connectivity index (χ2v) is 4.97. The maximum atomic E-state index is 13.9. The van der Waals surface area contributed by atoms with Crippen LogP contribution in [0.4, 0.5) is 4.39 Å². The summed E-state index contributed by atoms with van der Waals surface area (Å²) in [7, 11) is 0. The van der Waals surface area contributed by atoms with Gasteiger partial charge in [0.05, 0.1) is 0 Å². The minimum atomic E-state index is -0.479. The fourth-order valence-electron chi connectivity index (χ4n) is 1.99. The molecule has 0 amide bonds. The van der Waals surface area contributed by atoms with E-state index in [1.54, 1.807) is 6.07 Å². The zero-order valence-electron chi connectivity index (χ0n) is 10.7. The van der Waals surface area contributed by atoms with Crippen molar-refractivity contribution in [1.29, 1.82) is 0 Å². The topological polar surface area (TPSA) is 26.0 Å². The Labute approximate surface area is 97.9 Å². The number of benzene rings is 1. The van der Waals surface area contributed by atoms with Gasteiger partial charge in [0.1, 0.15) is 5.82 Å². The van der Waals surface area contributed by atoms with E-state index in [0.717, 1.165) is 24.0 Å². The van der Waals surface area contributed by atoms with Gasteiger partial charge in [-0.25, -0.2) is 4.39 Å². The summed E-state index contributed by atoms with van der Waals surface area (Å²) in [6, 6.07) is 5.40. The van der Waals surface area contributed by atoms with Crippen LogP contribution in [-0.2, 0) is 5.54 Å². The van der Waals surface area contributed by atoms with E-state index in [1.165, 1.54) is 0 Å². The van der Waals surface area contributed by atoms with Crippen molar-refractivity contribution in [2.24, 2.45) is 5.73 Å². The van der Waals surface area contributed by atoms with Crippen LogP contribution in [0.15, 0.2) is 18.2 Å². The Balaban J connectivity index is 3.09. The van der Waals surface area contributed by atoms with Gasteiger partial charge in [0.25, 0.3) is 0 Å². The van der Waals surface area contributed by atoms with Crippen LogP contribution < -0.4 is 5.73 Å². The maximum absolute atomic E-state index is 13.9. The van der Waals surface area contributed by atoms with Gasteiger partial charge >= 0.3 is 0 Å². The maximum Gasteiger partial charge on any atom is 0.127 e. The summed E-state index contributed by atoms with van der Waals surface area (Å²) < 4.78 is 13.9. The second-order valence-electron chi connectivity index (χ2n) is 4.97. The first kappa shape index (κ1) is 13.2. The number of hydrogen-bond acceptors (Lipinski definition) is 1. The summed E-state index contributed by atoms with van der Waals surface area (Å²) in [4.78, 5) is 0. The third-order valence-corrected chi connectivity index (χ3v) is 3.17. The molecule has 0 fully saturated rings. The van der Waals surface area contributed by atoms with Crippen LogP contribution >= 0.6 is 0 Å². The van der Waals surface area contributed by atoms with Crippen molar-refractivity contribution in [2.45, 2.75) is 52.0 Å². The molecule has 0 aliphatic rings. The van der Waals surface area contributed by atoms with E-state index in [0.29, 0.717) is 5.92 Å². The lowest BCUT2D eigenvalue weighted by Crippen LogP contribution is -2.28. The highest BCUT2D eigenvalue weighted by molar-refractivity contribution is 5.30. The average Bonchev–Trinajstić information content (AvgIpc) is 2.20. The Morgan fingerprint density at radius 2 is 1.81 bits per heavy atom. The number of halogens is 1. The van der Waals surface area contributed by atoms with Crippen molar-refractivity contribution in [2.75, 3.05) is 0 Å². The lowest BCUT2D eigenvalue weighted by atomic mass is 9.89. The molecule has 0 aliphatic carbocycles. The molecular formula is C14H22FN. The number of hydrogen-bond donors (Lipinski definition) is 1. The smallest absolute Gasteiger partial charge is 0.127 e. The summed E-state index contributed by atoms with van der Waals surface area (Å²) in [5.74, 6) is 0.194. The summed E-state index contributed by atoms with van der Waals surface area (Å²) in [5, 5.41) is 0. The standard InChI is InChI=1S/C14H22FN/c1-5-10(6-2)12-8-7-11(9-13(12)15)14(3,4)16/h7-10H,5-6,16H2,1-4H3. The minimum Gasteiger partial charge on any atom is -0.322 e. The summed E-state index contributed by atoms with van der Waals surface area (Å²) in [5.41, 5.74) is 7.14. The highest BCUT2D eigenvalue weighted by Gasteiger charge is 2.18. The molecule has 16 heavy (non-hydrogen) atoms. The summed E-state index contributed by atoms with van der Waals surface area (Å²) in [6.45, 7) is 7.96. The fraction of sp³-hybridized carbons (Fsp3) is 0.571. The van der Waals surface area contributed by atoms with E-state index in [9.17, 15) is 4.39 Å². The summed E-state index contributed by atoms with van der Waals surface area (Å²) >= 11 is 0. The van der Waals surface area contributed by atoms with Crippen LogP contribution in [0.2, 0.25) is 0 Å². The first-order chi connectivity index (χ1) is 7.40. The van der Waals surface area contributed by atoms with E-state index >= 15 is 0 Å². The van der Waals surface area contributed by atoms with Gasteiger partial charge in [-0.05, 0) is 49.8 Å². The Bertz CT molecular complexity index is 348. The molecule has 0 spiro atoms. The molecule has 1 nitrogen and oxygen atoms in total. The van der Waals surface area contributed by atoms with Crippen LogP contribution in [0.1, 0.15) is 57.6 Å². The minimum absolute atomic E-state index is 0.121. The highest BCUT2D eigenvalue weighted by Crippen LogP contribution is 2.28. The monoisotopic (exact) mass is 223 g/mol. The average molecular weight is 223 g/mol. The van der Waals surface area contributed by atoms with Gasteiger partial charge in [0.15, 0.2) is 0 Å². The van der Waals surface area contributed by atoms with Gasteiger partial charge in [-0.15, -0.1) is 0 Å². The van der Waals surface area contributed by atoms with Crippen molar-refractivity contribution >= 4 is 0 Å². The van der Waals surface area contributed by atoms with Crippen LogP contribution in [0.3, 0.4) is 0 Å². The molecule has 0 atom stereocenters. The molecule has 2 N–H and O–H groups in total. The molecule has 1 rings (SSSR count). The molecule has 90 valence electrons. The molecule has 0 aromatic heterocycles. The Morgan fingerprint density at radius 3 is 2.19 bits per heavy atom. The lowest BCUT2D eigenvalue weighted by molar-refractivity contribution is 0.528. The van der Waals surface area contributed by atoms with Crippen molar-refractivity contribution in [3.8, 4) is 0 Å². The molecule has 1 aromatic carbocycles. The third kappa shape index (κ3) is 2.82. The van der Waals surface area contributed by atoms with Crippen molar-refractivity contribution < 1.29 is 4.39 Å². The first-order valence-electron chi connectivity index (χ1n) is 5.99. The van der Waals surface area contributed by atoms with Crippen LogP contribution in [0.5, 0.6) is 0 Å². The van der Waals surface area contributed by atoms with Gasteiger partial charge < -0.3 is 5.73 Å². The number of nitrogens with two attached hydrogens (primary N) is 1. The molecule has 0 unspecified atom stereocenters. The molecule has 2 heteroatoms. The Hall–Kier alpha value is -0.890. The van der Waals surface area contributed by atoms with E-state index < -0.39 is 5.54 Å². The normalized spacial score (nSPS) is 12.2. The van der Waals surface area contributed by atoms with E-state index in [1.807, 2.05) is 26.0 Å². The molecule has 0 saturated heterocycles. The fourth-order valence-corrected chi connectivity index (χ4v) is 1.99. The Kier molecular flexibility index (Phi) is 4.09. The molecule has 0 aliphatic heterocycles. The van der Waals surface area contributed by atoms with Gasteiger partial charge in [-0.2, -0.15) is 0 Å². The van der Waals surface area contributed by atoms with Gasteiger partial charge in [0.2, 0.25) is 0 Å². The van der Waals surface area contributed by atoms with Crippen molar-refractivity contribution in [3.05, 3.63) is 35.1 Å². The van der Waals surface area contributed by atoms with E-state index in [-0.39, 0.29) is 5.82 Å². The van der Waals surface area contributed by atoms with E-state index in [2.05, 4.69) is 13.8 Å². The number of rotatable bonds is 4. The lowest BCUT2D eigenvalue weighted by Gasteiger charge is -2.21. The molecular weight excluding hydrogens is 201 g/mol. The highest BCUT2D eigenvalue weighted by atomic mass is 19.1. The largest absolute Gasteiger partial charge is 0.322 e. The van der Waals surface area contributed by atoms with Gasteiger partial charge in [-0.3, -0.25) is 0 Å². The van der Waals surface area contributed by atoms with Crippen LogP contribution in [0.25, 0.3) is 0 Å². The first-order valence-corrected chi connectivity index (χ1v) is 5.99. The molecule has 1 aromatic rings. The molecule has 0 bridgehead atoms. The zero-order chi connectivity index (χ0) is 12.3. The second kappa shape index (κ2) is 4.96. The van der Waals surface area contributed by atoms with Crippen LogP contribution in [-0.4, -0.2) is 0 Å². The van der Waals surface area contributed by atoms with Crippen molar-refractivity contribution in [3.63, 3.8) is 0 Å².